The quantitative estimate of drug-likeness (QED) is 0.274. The Hall–Kier alpha value is -4.12. The second-order valence-electron chi connectivity index (χ2n) is 7.13. The highest BCUT2D eigenvalue weighted by Crippen LogP contribution is 2.33. The number of aromatic nitrogens is 4. The lowest BCUT2D eigenvalue weighted by molar-refractivity contribution is -0.111. The van der Waals surface area contributed by atoms with Crippen molar-refractivity contribution >= 4 is 50.7 Å². The van der Waals surface area contributed by atoms with E-state index < -0.39 is 17.5 Å². The van der Waals surface area contributed by atoms with E-state index in [0.717, 1.165) is 6.08 Å². The molecule has 0 unspecified atom stereocenters. The number of rotatable bonds is 7. The molecule has 0 saturated carbocycles. The molecule has 34 heavy (non-hydrogen) atoms. The molecule has 2 aromatic heterocycles. The molecule has 0 radical (unpaired) electrons. The first-order valence-corrected chi connectivity index (χ1v) is 10.7. The highest BCUT2D eigenvalue weighted by Gasteiger charge is 2.15. The van der Waals surface area contributed by atoms with Crippen LogP contribution >= 0.6 is 15.9 Å². The van der Waals surface area contributed by atoms with E-state index in [2.05, 4.69) is 53.5 Å². The third-order valence-corrected chi connectivity index (χ3v) is 5.26. The number of hydrogen-bond acceptors (Lipinski definition) is 6. The number of carbonyl (C=O) groups is 1. The van der Waals surface area contributed by atoms with Crippen LogP contribution < -0.4 is 16.0 Å². The maximum absolute atomic E-state index is 14.7. The third-order valence-electron chi connectivity index (χ3n) is 4.65. The predicted molar refractivity (Wildman–Crippen MR) is 130 cm³/mol. The normalized spacial score (nSPS) is 10.6. The van der Waals surface area contributed by atoms with Gasteiger partial charge in [0.15, 0.2) is 0 Å². The molecule has 4 rings (SSSR count). The van der Waals surface area contributed by atoms with Gasteiger partial charge in [-0.15, -0.1) is 0 Å². The number of amides is 1. The van der Waals surface area contributed by atoms with Crippen molar-refractivity contribution in [2.45, 2.75) is 0 Å². The topological polar surface area (TPSA) is 96.8 Å². The highest BCUT2D eigenvalue weighted by atomic mass is 79.9. The predicted octanol–water partition coefficient (Wildman–Crippen LogP) is 5.53. The first kappa shape index (κ1) is 23.1. The fraction of sp³-hybridized carbons (Fsp3) is 0.0435. The second kappa shape index (κ2) is 9.79. The summed E-state index contributed by atoms with van der Waals surface area (Å²) in [6.45, 7) is 3.41. The Kier molecular flexibility index (Phi) is 6.64. The summed E-state index contributed by atoms with van der Waals surface area (Å²) in [5.74, 6) is -0.934. The molecule has 4 aromatic rings. The zero-order valence-corrected chi connectivity index (χ0v) is 19.4. The van der Waals surface area contributed by atoms with Crippen LogP contribution in [0.4, 0.5) is 37.6 Å². The minimum atomic E-state index is -0.566. The summed E-state index contributed by atoms with van der Waals surface area (Å²) in [4.78, 5) is 20.5. The van der Waals surface area contributed by atoms with Crippen LogP contribution in [0.5, 0.6) is 0 Å². The Bertz CT molecular complexity index is 1390. The number of hydrogen-bond donors (Lipinski definition) is 3. The molecule has 3 N–H and O–H groups in total. The van der Waals surface area contributed by atoms with Crippen molar-refractivity contribution in [3.8, 4) is 11.1 Å². The van der Waals surface area contributed by atoms with Crippen LogP contribution in [-0.4, -0.2) is 25.7 Å². The Morgan fingerprint density at radius 2 is 1.88 bits per heavy atom. The van der Waals surface area contributed by atoms with Gasteiger partial charge in [0.05, 0.1) is 22.0 Å². The van der Waals surface area contributed by atoms with Gasteiger partial charge in [-0.05, 0) is 57.9 Å². The maximum Gasteiger partial charge on any atom is 0.247 e. The van der Waals surface area contributed by atoms with Gasteiger partial charge in [0.2, 0.25) is 11.9 Å². The van der Waals surface area contributed by atoms with Crippen molar-refractivity contribution in [1.29, 1.82) is 0 Å². The Labute approximate surface area is 201 Å². The molecule has 1 amide bonds. The molecule has 8 nitrogen and oxygen atoms in total. The summed E-state index contributed by atoms with van der Waals surface area (Å²) < 4.78 is 30.3. The van der Waals surface area contributed by atoms with E-state index in [1.165, 1.54) is 30.5 Å². The average molecular weight is 526 g/mol. The summed E-state index contributed by atoms with van der Waals surface area (Å²) in [6, 6.07) is 8.51. The molecule has 0 spiro atoms. The first-order chi connectivity index (χ1) is 16.3. The summed E-state index contributed by atoms with van der Waals surface area (Å²) in [5, 5.41) is 12.7. The lowest BCUT2D eigenvalue weighted by Gasteiger charge is -2.15. The maximum atomic E-state index is 14.7. The highest BCUT2D eigenvalue weighted by molar-refractivity contribution is 9.10. The van der Waals surface area contributed by atoms with E-state index in [-0.39, 0.29) is 21.9 Å². The Balaban J connectivity index is 1.75. The van der Waals surface area contributed by atoms with Crippen LogP contribution in [0.2, 0.25) is 0 Å². The van der Waals surface area contributed by atoms with E-state index in [0.29, 0.717) is 22.5 Å². The Morgan fingerprint density at radius 3 is 2.59 bits per heavy atom. The average Bonchev–Trinajstić information content (AvgIpc) is 3.22. The van der Waals surface area contributed by atoms with Crippen molar-refractivity contribution in [2.24, 2.45) is 7.05 Å². The SMILES string of the molecule is C=CC(=O)Nc1ccc(F)c(Nc2nc(Nc3cnn(C)c3)ncc2-c2ccc(F)c(Br)c2)c1. The summed E-state index contributed by atoms with van der Waals surface area (Å²) in [7, 11) is 1.77. The molecule has 0 fully saturated rings. The van der Waals surface area contributed by atoms with Gasteiger partial charge < -0.3 is 16.0 Å². The molecular formula is C23H18BrF2N7O. The molecule has 0 aliphatic heterocycles. The van der Waals surface area contributed by atoms with Gasteiger partial charge in [-0.3, -0.25) is 9.48 Å². The minimum absolute atomic E-state index is 0.0651. The standard InChI is InChI=1S/C23H18BrF2N7O/c1-3-21(34)29-14-5-7-19(26)20(9-14)31-22-16(13-4-6-18(25)17(24)8-13)11-27-23(32-22)30-15-10-28-33(2)12-15/h3-12H,1H2,2H3,(H,29,34)(H2,27,30,31,32). The second-order valence-corrected chi connectivity index (χ2v) is 7.98. The van der Waals surface area contributed by atoms with E-state index in [4.69, 9.17) is 0 Å². The molecular weight excluding hydrogens is 508 g/mol. The van der Waals surface area contributed by atoms with Crippen LogP contribution in [0.1, 0.15) is 0 Å². The van der Waals surface area contributed by atoms with Crippen LogP contribution in [-0.2, 0) is 11.8 Å². The molecule has 0 aliphatic rings. The van der Waals surface area contributed by atoms with E-state index >= 15 is 0 Å². The smallest absolute Gasteiger partial charge is 0.247 e. The molecule has 0 aliphatic carbocycles. The van der Waals surface area contributed by atoms with Gasteiger partial charge in [0.25, 0.3) is 0 Å². The fourth-order valence-electron chi connectivity index (χ4n) is 3.05. The molecule has 0 atom stereocenters. The van der Waals surface area contributed by atoms with Gasteiger partial charge in [-0.2, -0.15) is 10.1 Å². The molecule has 172 valence electrons. The largest absolute Gasteiger partial charge is 0.337 e. The number of nitrogens with one attached hydrogen (secondary N) is 3. The summed E-state index contributed by atoms with van der Waals surface area (Å²) in [5.41, 5.74) is 2.18. The number of aryl methyl sites for hydroxylation is 1. The van der Waals surface area contributed by atoms with Gasteiger partial charge in [-0.25, -0.2) is 13.8 Å². The number of carbonyl (C=O) groups excluding carboxylic acids is 1. The van der Waals surface area contributed by atoms with Crippen molar-refractivity contribution in [3.05, 3.63) is 83.8 Å². The van der Waals surface area contributed by atoms with Crippen LogP contribution in [0.3, 0.4) is 0 Å². The lowest BCUT2D eigenvalue weighted by Crippen LogP contribution is -2.08. The molecule has 2 heterocycles. The van der Waals surface area contributed by atoms with E-state index in [1.807, 2.05) is 0 Å². The van der Waals surface area contributed by atoms with Crippen molar-refractivity contribution < 1.29 is 13.6 Å². The Morgan fingerprint density at radius 1 is 1.09 bits per heavy atom. The van der Waals surface area contributed by atoms with E-state index in [9.17, 15) is 13.6 Å². The van der Waals surface area contributed by atoms with Crippen LogP contribution in [0.25, 0.3) is 11.1 Å². The summed E-state index contributed by atoms with van der Waals surface area (Å²) in [6.07, 6.45) is 6.00. The number of benzene rings is 2. The first-order valence-electron chi connectivity index (χ1n) is 9.90. The summed E-state index contributed by atoms with van der Waals surface area (Å²) >= 11 is 3.18. The van der Waals surface area contributed by atoms with Crippen molar-refractivity contribution in [3.63, 3.8) is 0 Å². The molecule has 0 bridgehead atoms. The molecule has 11 heteroatoms. The zero-order chi connectivity index (χ0) is 24.2. The van der Waals surface area contributed by atoms with Gasteiger partial charge in [-0.1, -0.05) is 12.6 Å². The van der Waals surface area contributed by atoms with Crippen LogP contribution in [0, 0.1) is 11.6 Å². The fourth-order valence-corrected chi connectivity index (χ4v) is 3.43. The lowest BCUT2D eigenvalue weighted by atomic mass is 10.1. The van der Waals surface area contributed by atoms with Gasteiger partial charge >= 0.3 is 0 Å². The number of halogens is 3. The molecule has 0 saturated heterocycles. The van der Waals surface area contributed by atoms with E-state index in [1.54, 1.807) is 36.3 Å². The van der Waals surface area contributed by atoms with Crippen LogP contribution in [0.15, 0.2) is 72.1 Å². The van der Waals surface area contributed by atoms with Gasteiger partial charge in [0, 0.05) is 30.7 Å². The monoisotopic (exact) mass is 525 g/mol. The zero-order valence-electron chi connectivity index (χ0n) is 17.8. The van der Waals surface area contributed by atoms with Gasteiger partial charge in [0.1, 0.15) is 17.5 Å². The van der Waals surface area contributed by atoms with Crippen molar-refractivity contribution in [1.82, 2.24) is 19.7 Å². The number of anilines is 5. The number of nitrogens with zero attached hydrogens (tertiary/aromatic N) is 4. The third kappa shape index (κ3) is 5.26. The molecule has 2 aromatic carbocycles. The van der Waals surface area contributed by atoms with Crippen molar-refractivity contribution in [2.75, 3.05) is 16.0 Å². The minimum Gasteiger partial charge on any atom is -0.337 e.